The molecule has 0 spiro atoms. The number of hydrogen-bond donors (Lipinski definition) is 1. The van der Waals surface area contributed by atoms with Gasteiger partial charge in [-0.3, -0.25) is 0 Å². The Balaban J connectivity index is 2.48. The van der Waals surface area contributed by atoms with E-state index in [0.29, 0.717) is 6.04 Å². The highest BCUT2D eigenvalue weighted by atomic mass is 16.5. The van der Waals surface area contributed by atoms with E-state index >= 15 is 0 Å². The lowest BCUT2D eigenvalue weighted by Gasteiger charge is -2.15. The van der Waals surface area contributed by atoms with Crippen LogP contribution >= 0.6 is 0 Å². The van der Waals surface area contributed by atoms with Crippen LogP contribution in [0, 0.1) is 0 Å². The average Bonchev–Trinajstić information content (AvgIpc) is 2.70. The van der Waals surface area contributed by atoms with Crippen molar-refractivity contribution in [1.29, 1.82) is 0 Å². The number of ether oxygens (including phenoxy) is 2. The number of rotatable bonds is 3. The molecule has 3 heteroatoms. The molecule has 0 aliphatic heterocycles. The molecule has 0 aromatic heterocycles. The number of hydrogen-bond acceptors (Lipinski definition) is 3. The Labute approximate surface area is 90.4 Å². The zero-order chi connectivity index (χ0) is 10.8. The molecular weight excluding hydrogens is 190 g/mol. The predicted molar refractivity (Wildman–Crippen MR) is 59.7 cm³/mol. The maximum absolute atomic E-state index is 5.41. The van der Waals surface area contributed by atoms with Crippen LogP contribution in [0.5, 0.6) is 11.5 Å². The minimum atomic E-state index is 0.417. The highest BCUT2D eigenvalue weighted by molar-refractivity contribution is 5.50. The Kier molecular flexibility index (Phi) is 2.82. The van der Waals surface area contributed by atoms with Gasteiger partial charge in [0.05, 0.1) is 14.2 Å². The first-order valence-corrected chi connectivity index (χ1v) is 5.22. The summed E-state index contributed by atoms with van der Waals surface area (Å²) in [4.78, 5) is 0. The van der Waals surface area contributed by atoms with E-state index in [-0.39, 0.29) is 0 Å². The van der Waals surface area contributed by atoms with E-state index in [1.54, 1.807) is 14.2 Å². The first kappa shape index (κ1) is 10.3. The van der Waals surface area contributed by atoms with E-state index in [9.17, 15) is 0 Å². The van der Waals surface area contributed by atoms with Crippen LogP contribution in [0.3, 0.4) is 0 Å². The van der Waals surface area contributed by atoms with Gasteiger partial charge in [0, 0.05) is 17.7 Å². The van der Waals surface area contributed by atoms with E-state index in [1.807, 2.05) is 13.1 Å². The molecule has 0 heterocycles. The molecule has 0 saturated carbocycles. The third-order valence-electron chi connectivity index (χ3n) is 3.06. The average molecular weight is 207 g/mol. The molecule has 0 bridgehead atoms. The molecule has 3 nitrogen and oxygen atoms in total. The van der Waals surface area contributed by atoms with Crippen LogP contribution in [0.4, 0.5) is 0 Å². The minimum Gasteiger partial charge on any atom is -0.497 e. The second-order valence-electron chi connectivity index (χ2n) is 3.78. The monoisotopic (exact) mass is 207 g/mol. The number of nitrogens with one attached hydrogen (secondary N) is 1. The third kappa shape index (κ3) is 1.67. The van der Waals surface area contributed by atoms with Gasteiger partial charge in [-0.1, -0.05) is 0 Å². The number of benzene rings is 1. The molecule has 1 unspecified atom stereocenters. The van der Waals surface area contributed by atoms with Gasteiger partial charge in [-0.05, 0) is 31.5 Å². The summed E-state index contributed by atoms with van der Waals surface area (Å²) in [5.41, 5.74) is 2.63. The summed E-state index contributed by atoms with van der Waals surface area (Å²) in [5, 5.41) is 3.31. The molecule has 1 aromatic carbocycles. The summed E-state index contributed by atoms with van der Waals surface area (Å²) in [6, 6.07) is 4.48. The molecule has 0 saturated heterocycles. The standard InChI is InChI=1S/C12H17NO2/c1-13-10-5-4-8-6-9(14-2)7-11(15-3)12(8)10/h6-7,10,13H,4-5H2,1-3H3. The Bertz CT molecular complexity index is 363. The molecule has 15 heavy (non-hydrogen) atoms. The minimum absolute atomic E-state index is 0.417. The molecule has 0 amide bonds. The maximum Gasteiger partial charge on any atom is 0.127 e. The lowest BCUT2D eigenvalue weighted by molar-refractivity contribution is 0.387. The second-order valence-corrected chi connectivity index (χ2v) is 3.78. The van der Waals surface area contributed by atoms with Crippen molar-refractivity contribution in [2.24, 2.45) is 0 Å². The molecular formula is C12H17NO2. The summed E-state index contributed by atoms with van der Waals surface area (Å²) in [6.07, 6.45) is 2.23. The van der Waals surface area contributed by atoms with E-state index in [0.717, 1.165) is 24.3 Å². The third-order valence-corrected chi connectivity index (χ3v) is 3.06. The van der Waals surface area contributed by atoms with Gasteiger partial charge in [-0.2, -0.15) is 0 Å². The van der Waals surface area contributed by atoms with Crippen LogP contribution < -0.4 is 14.8 Å². The van der Waals surface area contributed by atoms with Gasteiger partial charge in [0.1, 0.15) is 11.5 Å². The van der Waals surface area contributed by atoms with Crippen molar-refractivity contribution in [3.05, 3.63) is 23.3 Å². The highest BCUT2D eigenvalue weighted by Gasteiger charge is 2.25. The van der Waals surface area contributed by atoms with Crippen molar-refractivity contribution in [2.45, 2.75) is 18.9 Å². The van der Waals surface area contributed by atoms with Crippen molar-refractivity contribution < 1.29 is 9.47 Å². The first-order chi connectivity index (χ1) is 7.30. The molecule has 2 rings (SSSR count). The summed E-state index contributed by atoms with van der Waals surface area (Å²) in [6.45, 7) is 0. The summed E-state index contributed by atoms with van der Waals surface area (Å²) >= 11 is 0. The van der Waals surface area contributed by atoms with Crippen molar-refractivity contribution in [3.63, 3.8) is 0 Å². The quantitative estimate of drug-likeness (QED) is 0.821. The van der Waals surface area contributed by atoms with Crippen LogP contribution in [0.1, 0.15) is 23.6 Å². The molecule has 1 N–H and O–H groups in total. The van der Waals surface area contributed by atoms with Crippen LogP contribution in [-0.2, 0) is 6.42 Å². The summed E-state index contributed by atoms with van der Waals surface area (Å²) in [5.74, 6) is 1.81. The smallest absolute Gasteiger partial charge is 0.127 e. The zero-order valence-corrected chi connectivity index (χ0v) is 9.46. The molecule has 0 fully saturated rings. The van der Waals surface area contributed by atoms with Gasteiger partial charge < -0.3 is 14.8 Å². The largest absolute Gasteiger partial charge is 0.497 e. The van der Waals surface area contributed by atoms with Crippen molar-refractivity contribution in [3.8, 4) is 11.5 Å². The van der Waals surface area contributed by atoms with Gasteiger partial charge in [-0.15, -0.1) is 0 Å². The second kappa shape index (κ2) is 4.11. The maximum atomic E-state index is 5.41. The Morgan fingerprint density at radius 3 is 2.67 bits per heavy atom. The molecule has 0 radical (unpaired) electrons. The van der Waals surface area contributed by atoms with Gasteiger partial charge >= 0.3 is 0 Å². The zero-order valence-electron chi connectivity index (χ0n) is 9.46. The number of fused-ring (bicyclic) bond motifs is 1. The summed E-state index contributed by atoms with van der Waals surface area (Å²) in [7, 11) is 5.38. The van der Waals surface area contributed by atoms with Crippen molar-refractivity contribution in [1.82, 2.24) is 5.32 Å². The molecule has 1 aromatic rings. The van der Waals surface area contributed by atoms with Crippen LogP contribution in [0.25, 0.3) is 0 Å². The van der Waals surface area contributed by atoms with Gasteiger partial charge in [-0.25, -0.2) is 0 Å². The van der Waals surface area contributed by atoms with Crippen LogP contribution in [0.2, 0.25) is 0 Å². The Hall–Kier alpha value is -1.22. The van der Waals surface area contributed by atoms with Gasteiger partial charge in [0.25, 0.3) is 0 Å². The van der Waals surface area contributed by atoms with E-state index in [2.05, 4.69) is 11.4 Å². The lowest BCUT2D eigenvalue weighted by atomic mass is 10.1. The molecule has 1 aliphatic carbocycles. The van der Waals surface area contributed by atoms with Crippen molar-refractivity contribution in [2.75, 3.05) is 21.3 Å². The van der Waals surface area contributed by atoms with E-state index in [4.69, 9.17) is 9.47 Å². The molecule has 82 valence electrons. The highest BCUT2D eigenvalue weighted by Crippen LogP contribution is 2.40. The normalized spacial score (nSPS) is 18.7. The van der Waals surface area contributed by atoms with Crippen molar-refractivity contribution >= 4 is 0 Å². The van der Waals surface area contributed by atoms with Gasteiger partial charge in [0.15, 0.2) is 0 Å². The lowest BCUT2D eigenvalue weighted by Crippen LogP contribution is -2.13. The van der Waals surface area contributed by atoms with E-state index < -0.39 is 0 Å². The van der Waals surface area contributed by atoms with Crippen LogP contribution in [0.15, 0.2) is 12.1 Å². The Morgan fingerprint density at radius 2 is 2.07 bits per heavy atom. The number of methoxy groups -OCH3 is 2. The predicted octanol–water partition coefficient (Wildman–Crippen LogP) is 1.91. The van der Waals surface area contributed by atoms with Gasteiger partial charge in [0.2, 0.25) is 0 Å². The fourth-order valence-corrected chi connectivity index (χ4v) is 2.28. The number of aryl methyl sites for hydroxylation is 1. The Morgan fingerprint density at radius 1 is 1.27 bits per heavy atom. The van der Waals surface area contributed by atoms with E-state index in [1.165, 1.54) is 11.1 Å². The SMILES string of the molecule is CNC1CCc2cc(OC)cc(OC)c21. The molecule has 1 aliphatic rings. The fourth-order valence-electron chi connectivity index (χ4n) is 2.28. The summed E-state index contributed by atoms with van der Waals surface area (Å²) < 4.78 is 10.7. The first-order valence-electron chi connectivity index (χ1n) is 5.22. The topological polar surface area (TPSA) is 30.5 Å². The fraction of sp³-hybridized carbons (Fsp3) is 0.500. The van der Waals surface area contributed by atoms with Crippen LogP contribution in [-0.4, -0.2) is 21.3 Å². The molecule has 1 atom stereocenters.